The van der Waals surface area contributed by atoms with E-state index in [1.54, 1.807) is 0 Å². The highest BCUT2D eigenvalue weighted by molar-refractivity contribution is 5.99. The summed E-state index contributed by atoms with van der Waals surface area (Å²) in [5.41, 5.74) is 7.84. The van der Waals surface area contributed by atoms with E-state index in [0.717, 1.165) is 58.4 Å². The summed E-state index contributed by atoms with van der Waals surface area (Å²) in [7, 11) is 0. The second-order valence-corrected chi connectivity index (χ2v) is 6.92. The standard InChI is InChI=1S/C22H17N5/c1-14-4-6-19(25-13-14)22-21(20-3-2-10-27(20)26-22)16-8-9-24-18-7-5-15(12-23)11-17(16)18/h4-9,11,13H,2-3,10H2,1H3. The molecule has 27 heavy (non-hydrogen) atoms. The van der Waals surface area contributed by atoms with Crippen LogP contribution in [-0.4, -0.2) is 19.7 Å². The summed E-state index contributed by atoms with van der Waals surface area (Å²) in [5.74, 6) is 0. The second-order valence-electron chi connectivity index (χ2n) is 6.92. The zero-order valence-electron chi connectivity index (χ0n) is 15.0. The van der Waals surface area contributed by atoms with E-state index in [-0.39, 0.29) is 0 Å². The number of fused-ring (bicyclic) bond motifs is 2. The number of aromatic nitrogens is 4. The molecule has 0 atom stereocenters. The highest BCUT2D eigenvalue weighted by Crippen LogP contribution is 2.39. The lowest BCUT2D eigenvalue weighted by molar-refractivity contribution is 0.658. The molecule has 0 saturated heterocycles. The van der Waals surface area contributed by atoms with Crippen LogP contribution in [0.25, 0.3) is 33.4 Å². The molecule has 0 bridgehead atoms. The number of pyridine rings is 2. The molecule has 1 aliphatic rings. The SMILES string of the molecule is Cc1ccc(-c2nn3c(c2-c2ccnc4ccc(C#N)cc24)CCC3)nc1. The number of hydrogen-bond donors (Lipinski definition) is 0. The third-order valence-electron chi connectivity index (χ3n) is 5.14. The average molecular weight is 351 g/mol. The van der Waals surface area contributed by atoms with Gasteiger partial charge in [-0.1, -0.05) is 6.07 Å². The molecule has 0 N–H and O–H groups in total. The fourth-order valence-corrected chi connectivity index (χ4v) is 3.84. The van der Waals surface area contributed by atoms with Gasteiger partial charge >= 0.3 is 0 Å². The second kappa shape index (κ2) is 6.03. The number of hydrogen-bond acceptors (Lipinski definition) is 4. The number of rotatable bonds is 2. The maximum atomic E-state index is 9.34. The predicted molar refractivity (Wildman–Crippen MR) is 104 cm³/mol. The molecule has 130 valence electrons. The van der Waals surface area contributed by atoms with Crippen molar-refractivity contribution in [1.29, 1.82) is 5.26 Å². The van der Waals surface area contributed by atoms with E-state index < -0.39 is 0 Å². The fourth-order valence-electron chi connectivity index (χ4n) is 3.84. The van der Waals surface area contributed by atoms with Gasteiger partial charge in [-0.25, -0.2) is 0 Å². The summed E-state index contributed by atoms with van der Waals surface area (Å²) < 4.78 is 2.10. The molecule has 4 heterocycles. The molecule has 5 rings (SSSR count). The van der Waals surface area contributed by atoms with Crippen LogP contribution >= 0.6 is 0 Å². The normalized spacial score (nSPS) is 12.9. The summed E-state index contributed by atoms with van der Waals surface area (Å²) in [6.45, 7) is 2.96. The first kappa shape index (κ1) is 15.7. The Hall–Kier alpha value is -3.52. The lowest BCUT2D eigenvalue weighted by atomic mass is 9.96. The van der Waals surface area contributed by atoms with E-state index in [4.69, 9.17) is 5.10 Å². The summed E-state index contributed by atoms with van der Waals surface area (Å²) in [4.78, 5) is 9.10. The van der Waals surface area contributed by atoms with E-state index in [1.807, 2.05) is 49.6 Å². The Morgan fingerprint density at radius 2 is 2.04 bits per heavy atom. The molecule has 0 spiro atoms. The molecule has 1 aliphatic heterocycles. The van der Waals surface area contributed by atoms with Gasteiger partial charge in [-0.2, -0.15) is 10.4 Å². The molecule has 0 aliphatic carbocycles. The molecule has 0 saturated carbocycles. The topological polar surface area (TPSA) is 67.4 Å². The Labute approximate surface area is 156 Å². The zero-order valence-corrected chi connectivity index (χ0v) is 15.0. The van der Waals surface area contributed by atoms with Gasteiger partial charge in [0.1, 0.15) is 5.69 Å². The van der Waals surface area contributed by atoms with Crippen molar-refractivity contribution in [1.82, 2.24) is 19.7 Å². The van der Waals surface area contributed by atoms with Crippen LogP contribution in [0.2, 0.25) is 0 Å². The van der Waals surface area contributed by atoms with Crippen molar-refractivity contribution in [2.75, 3.05) is 0 Å². The largest absolute Gasteiger partial charge is 0.268 e. The van der Waals surface area contributed by atoms with Crippen molar-refractivity contribution >= 4 is 10.9 Å². The van der Waals surface area contributed by atoms with Gasteiger partial charge in [0, 0.05) is 35.6 Å². The third kappa shape index (κ3) is 2.49. The van der Waals surface area contributed by atoms with Gasteiger partial charge in [0.25, 0.3) is 0 Å². The number of nitrogens with zero attached hydrogens (tertiary/aromatic N) is 5. The Kier molecular flexibility index (Phi) is 3.51. The van der Waals surface area contributed by atoms with Crippen LogP contribution in [0.1, 0.15) is 23.2 Å². The van der Waals surface area contributed by atoms with E-state index in [9.17, 15) is 5.26 Å². The maximum Gasteiger partial charge on any atom is 0.119 e. The van der Waals surface area contributed by atoms with Crippen LogP contribution in [0.15, 0.2) is 48.8 Å². The molecule has 0 unspecified atom stereocenters. The predicted octanol–water partition coefficient (Wildman–Crippen LogP) is 4.29. The van der Waals surface area contributed by atoms with Crippen molar-refractivity contribution in [3.05, 3.63) is 65.6 Å². The average Bonchev–Trinajstić information content (AvgIpc) is 3.29. The van der Waals surface area contributed by atoms with Gasteiger partial charge in [0.15, 0.2) is 0 Å². The molecule has 0 radical (unpaired) electrons. The van der Waals surface area contributed by atoms with Crippen LogP contribution in [0.4, 0.5) is 0 Å². The smallest absolute Gasteiger partial charge is 0.119 e. The van der Waals surface area contributed by atoms with Crippen LogP contribution < -0.4 is 0 Å². The first-order valence-electron chi connectivity index (χ1n) is 9.06. The van der Waals surface area contributed by atoms with Gasteiger partial charge in [0.2, 0.25) is 0 Å². The molecule has 3 aromatic heterocycles. The van der Waals surface area contributed by atoms with Crippen LogP contribution in [0.3, 0.4) is 0 Å². The van der Waals surface area contributed by atoms with E-state index in [1.165, 1.54) is 5.69 Å². The fraction of sp³-hybridized carbons (Fsp3) is 0.182. The molecule has 5 heteroatoms. The van der Waals surface area contributed by atoms with Gasteiger partial charge < -0.3 is 0 Å². The molecule has 4 aromatic rings. The van der Waals surface area contributed by atoms with Gasteiger partial charge in [-0.15, -0.1) is 0 Å². The first-order valence-corrected chi connectivity index (χ1v) is 9.06. The van der Waals surface area contributed by atoms with Crippen molar-refractivity contribution in [3.8, 4) is 28.6 Å². The molecular weight excluding hydrogens is 334 g/mol. The van der Waals surface area contributed by atoms with Crippen LogP contribution in [-0.2, 0) is 13.0 Å². The Bertz CT molecular complexity index is 1210. The van der Waals surface area contributed by atoms with Crippen molar-refractivity contribution in [2.45, 2.75) is 26.3 Å². The van der Waals surface area contributed by atoms with Gasteiger partial charge in [0.05, 0.1) is 22.8 Å². The number of aryl methyl sites for hydroxylation is 2. The Morgan fingerprint density at radius 1 is 1.11 bits per heavy atom. The summed E-state index contributed by atoms with van der Waals surface area (Å²) in [5, 5.41) is 15.2. The minimum Gasteiger partial charge on any atom is -0.268 e. The van der Waals surface area contributed by atoms with E-state index in [2.05, 4.69) is 26.8 Å². The highest BCUT2D eigenvalue weighted by Gasteiger charge is 2.25. The highest BCUT2D eigenvalue weighted by atomic mass is 15.3. The molecular formula is C22H17N5. The number of nitriles is 1. The molecule has 0 amide bonds. The Balaban J connectivity index is 1.82. The van der Waals surface area contributed by atoms with Crippen molar-refractivity contribution in [2.24, 2.45) is 0 Å². The van der Waals surface area contributed by atoms with Gasteiger partial charge in [-0.05, 0) is 61.2 Å². The minimum atomic E-state index is 0.635. The summed E-state index contributed by atoms with van der Waals surface area (Å²) >= 11 is 0. The van der Waals surface area contributed by atoms with E-state index in [0.29, 0.717) is 5.56 Å². The van der Waals surface area contributed by atoms with Crippen LogP contribution in [0.5, 0.6) is 0 Å². The first-order chi connectivity index (χ1) is 13.2. The monoisotopic (exact) mass is 351 g/mol. The molecule has 1 aromatic carbocycles. The summed E-state index contributed by atoms with van der Waals surface area (Å²) in [6.07, 6.45) is 5.80. The quantitative estimate of drug-likeness (QED) is 0.540. The minimum absolute atomic E-state index is 0.635. The lowest BCUT2D eigenvalue weighted by Gasteiger charge is -2.09. The molecule has 0 fully saturated rings. The summed E-state index contributed by atoms with van der Waals surface area (Å²) in [6, 6.07) is 14.0. The maximum absolute atomic E-state index is 9.34. The Morgan fingerprint density at radius 3 is 2.85 bits per heavy atom. The van der Waals surface area contributed by atoms with E-state index >= 15 is 0 Å². The molecule has 5 nitrogen and oxygen atoms in total. The zero-order chi connectivity index (χ0) is 18.4. The van der Waals surface area contributed by atoms with Crippen molar-refractivity contribution in [3.63, 3.8) is 0 Å². The lowest BCUT2D eigenvalue weighted by Crippen LogP contribution is -1.94. The number of benzene rings is 1. The third-order valence-corrected chi connectivity index (χ3v) is 5.14. The van der Waals surface area contributed by atoms with Crippen LogP contribution in [0, 0.1) is 18.3 Å². The van der Waals surface area contributed by atoms with Crippen molar-refractivity contribution < 1.29 is 0 Å². The van der Waals surface area contributed by atoms with Gasteiger partial charge in [-0.3, -0.25) is 14.6 Å².